The summed E-state index contributed by atoms with van der Waals surface area (Å²) in [4.78, 5) is 0. The van der Waals surface area contributed by atoms with Gasteiger partial charge in [-0.1, -0.05) is 0 Å². The monoisotopic (exact) mass is 283 g/mol. The van der Waals surface area contributed by atoms with Crippen molar-refractivity contribution in [2.45, 2.75) is 28.5 Å². The Balaban J connectivity index is 0. The second-order valence-corrected chi connectivity index (χ2v) is 10.7. The number of hydrogen-bond donors (Lipinski definition) is 0. The molecule has 1 rings (SSSR count). The van der Waals surface area contributed by atoms with E-state index in [-0.39, 0.29) is 24.8 Å². The molecule has 12 heavy (non-hydrogen) atoms. The summed E-state index contributed by atoms with van der Waals surface area (Å²) in [5, 5.41) is 0. The Morgan fingerprint density at radius 3 is 2.17 bits per heavy atom. The van der Waals surface area contributed by atoms with Crippen LogP contribution in [-0.2, 0) is 21.8 Å². The van der Waals surface area contributed by atoms with E-state index < -0.39 is 21.8 Å². The minimum atomic E-state index is -0.982. The summed E-state index contributed by atoms with van der Waals surface area (Å²) < 4.78 is 4.81. The average molecular weight is 285 g/mol. The van der Waals surface area contributed by atoms with Crippen molar-refractivity contribution in [1.29, 1.82) is 0 Å². The molecular weight excluding hydrogens is 270 g/mol. The first kappa shape index (κ1) is 15.4. The van der Waals surface area contributed by atoms with Crippen molar-refractivity contribution in [3.8, 4) is 0 Å². The first-order valence-corrected chi connectivity index (χ1v) is 8.79. The molecule has 0 atom stereocenters. The quantitative estimate of drug-likeness (QED) is 0.531. The van der Waals surface area contributed by atoms with Crippen LogP contribution in [0.5, 0.6) is 0 Å². The maximum atomic E-state index is 2.36. The number of rotatable bonds is 3. The van der Waals surface area contributed by atoms with Gasteiger partial charge in [-0.3, -0.25) is 0 Å². The van der Waals surface area contributed by atoms with Crippen LogP contribution in [0.3, 0.4) is 0 Å². The summed E-state index contributed by atoms with van der Waals surface area (Å²) in [5.41, 5.74) is 0. The molecule has 3 heteroatoms. The van der Waals surface area contributed by atoms with Crippen LogP contribution in [0.15, 0.2) is 21.5 Å². The molecule has 0 saturated carbocycles. The van der Waals surface area contributed by atoms with E-state index in [9.17, 15) is 0 Å². The number of allylic oxidation sites excluding steroid dienone is 4. The molecule has 0 radical (unpaired) electrons. The van der Waals surface area contributed by atoms with Crippen LogP contribution < -0.4 is 24.8 Å². The molecule has 0 heterocycles. The maximum Gasteiger partial charge on any atom is -1.00 e. The third-order valence-electron chi connectivity index (χ3n) is 2.08. The molecular formula is C9H15Cl2Zr. The van der Waals surface area contributed by atoms with Crippen molar-refractivity contribution in [3.05, 3.63) is 21.5 Å². The van der Waals surface area contributed by atoms with Crippen LogP contribution >= 0.6 is 0 Å². The average Bonchev–Trinajstić information content (AvgIpc) is 2.43. The van der Waals surface area contributed by atoms with Gasteiger partial charge in [0.1, 0.15) is 0 Å². The van der Waals surface area contributed by atoms with E-state index in [1.54, 1.807) is 0 Å². The first-order valence-electron chi connectivity index (χ1n) is 4.09. The summed E-state index contributed by atoms with van der Waals surface area (Å²) in [6.45, 7) is 4.72. The summed E-state index contributed by atoms with van der Waals surface area (Å²) >= 11 is -0.982. The van der Waals surface area contributed by atoms with E-state index in [0.29, 0.717) is 0 Å². The molecule has 0 N–H and O–H groups in total. The van der Waals surface area contributed by atoms with Crippen LogP contribution in [0.1, 0.15) is 20.3 Å². The topological polar surface area (TPSA) is 0 Å². The van der Waals surface area contributed by atoms with E-state index >= 15 is 0 Å². The molecule has 0 fully saturated rings. The van der Waals surface area contributed by atoms with Crippen LogP contribution in [0.4, 0.5) is 0 Å². The molecule has 0 unspecified atom stereocenters. The van der Waals surface area contributed by atoms with Crippen LogP contribution in [0.25, 0.3) is 0 Å². The minimum absolute atomic E-state index is 0. The van der Waals surface area contributed by atoms with Crippen LogP contribution in [0.2, 0.25) is 8.26 Å². The van der Waals surface area contributed by atoms with E-state index in [1.165, 1.54) is 14.7 Å². The molecule has 69 valence electrons. The fraction of sp³-hybridized carbons (Fsp3) is 0.556. The molecule has 0 aromatic heterocycles. The fourth-order valence-electron chi connectivity index (χ4n) is 1.41. The minimum Gasteiger partial charge on any atom is -1.00 e. The van der Waals surface area contributed by atoms with Gasteiger partial charge in [0.05, 0.1) is 0 Å². The maximum absolute atomic E-state index is 2.36. The SMILES string of the molecule is C[CH2][Zr+2]([CH2]C)[C]1=CC=CC1.[Cl-].[Cl-]. The second-order valence-electron chi connectivity index (χ2n) is 2.63. The van der Waals surface area contributed by atoms with Crippen molar-refractivity contribution >= 4 is 0 Å². The van der Waals surface area contributed by atoms with Crippen molar-refractivity contribution in [2.75, 3.05) is 0 Å². The molecule has 1 aliphatic rings. The van der Waals surface area contributed by atoms with Gasteiger partial charge in [0.2, 0.25) is 0 Å². The van der Waals surface area contributed by atoms with Gasteiger partial charge in [-0.15, -0.1) is 0 Å². The Morgan fingerprint density at radius 2 is 1.83 bits per heavy atom. The van der Waals surface area contributed by atoms with Crippen molar-refractivity contribution in [1.82, 2.24) is 0 Å². The Hall–Kier alpha value is 0.943. The molecule has 0 aromatic carbocycles. The van der Waals surface area contributed by atoms with Crippen LogP contribution in [0, 0.1) is 0 Å². The molecule has 0 amide bonds. The van der Waals surface area contributed by atoms with Gasteiger partial charge >= 0.3 is 71.8 Å². The van der Waals surface area contributed by atoms with E-state index in [2.05, 4.69) is 32.1 Å². The van der Waals surface area contributed by atoms with E-state index in [0.717, 1.165) is 0 Å². The summed E-state index contributed by atoms with van der Waals surface area (Å²) in [6, 6.07) is 0. The summed E-state index contributed by atoms with van der Waals surface area (Å²) in [6.07, 6.45) is 8.17. The molecule has 0 bridgehead atoms. The van der Waals surface area contributed by atoms with Gasteiger partial charge in [-0.25, -0.2) is 0 Å². The Morgan fingerprint density at radius 1 is 1.25 bits per heavy atom. The van der Waals surface area contributed by atoms with Gasteiger partial charge in [-0.2, -0.15) is 0 Å². The smallest absolute Gasteiger partial charge is 1.00 e. The standard InChI is InChI=1S/C5H5.2C2H5.2ClH.Zr/c1-2-4-5-3-1;2*1-2;;;/h1-3H,4H2;2*1H2,2H3;2*1H;/q;;;;;+2/p-2. The first-order chi connectivity index (χ1) is 4.88. The third kappa shape index (κ3) is 4.26. The molecule has 0 spiro atoms. The van der Waals surface area contributed by atoms with E-state index in [4.69, 9.17) is 0 Å². The Kier molecular flexibility index (Phi) is 11.0. The largest absolute Gasteiger partial charge is 1.00 e. The Labute approximate surface area is 96.0 Å². The normalized spacial score (nSPS) is 13.0. The molecule has 0 nitrogen and oxygen atoms in total. The van der Waals surface area contributed by atoms with Crippen LogP contribution in [-0.4, -0.2) is 0 Å². The second kappa shape index (κ2) is 8.54. The predicted molar refractivity (Wildman–Crippen MR) is 42.8 cm³/mol. The fourth-order valence-corrected chi connectivity index (χ4v) is 6.69. The molecule has 0 aromatic rings. The van der Waals surface area contributed by atoms with Gasteiger partial charge < -0.3 is 24.8 Å². The third-order valence-corrected chi connectivity index (χ3v) is 9.42. The number of hydrogen-bond acceptors (Lipinski definition) is 0. The summed E-state index contributed by atoms with van der Waals surface area (Å²) in [7, 11) is 0. The zero-order chi connectivity index (χ0) is 7.40. The zero-order valence-electron chi connectivity index (χ0n) is 7.61. The molecule has 0 saturated heterocycles. The van der Waals surface area contributed by atoms with Crippen molar-refractivity contribution < 1.29 is 46.6 Å². The van der Waals surface area contributed by atoms with Gasteiger partial charge in [0, 0.05) is 0 Å². The Bertz CT molecular complexity index is 160. The van der Waals surface area contributed by atoms with Gasteiger partial charge in [0.25, 0.3) is 0 Å². The van der Waals surface area contributed by atoms with E-state index in [1.807, 2.05) is 3.28 Å². The summed E-state index contributed by atoms with van der Waals surface area (Å²) in [5.74, 6) is 0. The zero-order valence-corrected chi connectivity index (χ0v) is 11.6. The van der Waals surface area contributed by atoms with Gasteiger partial charge in [0.15, 0.2) is 0 Å². The molecule has 0 aliphatic heterocycles. The predicted octanol–water partition coefficient (Wildman–Crippen LogP) is -2.67. The van der Waals surface area contributed by atoms with Crippen molar-refractivity contribution in [2.24, 2.45) is 0 Å². The van der Waals surface area contributed by atoms with Gasteiger partial charge in [-0.05, 0) is 0 Å². The van der Waals surface area contributed by atoms with Crippen molar-refractivity contribution in [3.63, 3.8) is 0 Å². The number of halogens is 2. The molecule has 1 aliphatic carbocycles.